The molecule has 6 heteroatoms. The Morgan fingerprint density at radius 2 is 1.81 bits per heavy atom. The summed E-state index contributed by atoms with van der Waals surface area (Å²) in [6.45, 7) is 6.94. The van der Waals surface area contributed by atoms with Gasteiger partial charge >= 0.3 is 5.97 Å². The van der Waals surface area contributed by atoms with Gasteiger partial charge in [0.25, 0.3) is 0 Å². The van der Waals surface area contributed by atoms with Gasteiger partial charge in [0.1, 0.15) is 0 Å². The standard InChI is InChI=1S/C15H23NO4S/c1-5-15(6-2,14(17)18)10-16-21(19,20)13-9-11(3)7-8-12(13)4/h7-9,16H,5-6,10H2,1-4H3,(H,17,18). The number of hydrogen-bond acceptors (Lipinski definition) is 3. The summed E-state index contributed by atoms with van der Waals surface area (Å²) < 4.78 is 27.3. The summed E-state index contributed by atoms with van der Waals surface area (Å²) in [6, 6.07) is 5.18. The molecule has 0 aliphatic heterocycles. The number of aryl methyl sites for hydroxylation is 2. The van der Waals surface area contributed by atoms with E-state index in [9.17, 15) is 18.3 Å². The van der Waals surface area contributed by atoms with Crippen LogP contribution in [0.1, 0.15) is 37.8 Å². The largest absolute Gasteiger partial charge is 0.481 e. The molecule has 0 bridgehead atoms. The molecule has 1 rings (SSSR count). The number of carboxylic acids is 1. The number of hydrogen-bond donors (Lipinski definition) is 2. The fourth-order valence-electron chi connectivity index (χ4n) is 2.19. The topological polar surface area (TPSA) is 83.5 Å². The second kappa shape index (κ2) is 6.58. The van der Waals surface area contributed by atoms with E-state index in [1.54, 1.807) is 32.9 Å². The number of benzene rings is 1. The maximum absolute atomic E-state index is 12.4. The lowest BCUT2D eigenvalue weighted by molar-refractivity contribution is -0.149. The van der Waals surface area contributed by atoms with Gasteiger partial charge in [0, 0.05) is 6.54 Å². The Morgan fingerprint density at radius 3 is 2.29 bits per heavy atom. The second-order valence-corrected chi connectivity index (χ2v) is 7.12. The zero-order valence-electron chi connectivity index (χ0n) is 12.9. The number of aliphatic carboxylic acids is 1. The van der Waals surface area contributed by atoms with Crippen LogP contribution in [0.5, 0.6) is 0 Å². The summed E-state index contributed by atoms with van der Waals surface area (Å²) in [5.74, 6) is -0.976. The first kappa shape index (κ1) is 17.7. The summed E-state index contributed by atoms with van der Waals surface area (Å²) in [5, 5.41) is 9.36. The fraction of sp³-hybridized carbons (Fsp3) is 0.533. The van der Waals surface area contributed by atoms with Crippen molar-refractivity contribution in [2.24, 2.45) is 5.41 Å². The maximum Gasteiger partial charge on any atom is 0.310 e. The Balaban J connectivity index is 3.06. The van der Waals surface area contributed by atoms with Crippen molar-refractivity contribution in [2.45, 2.75) is 45.4 Å². The maximum atomic E-state index is 12.4. The van der Waals surface area contributed by atoms with E-state index in [4.69, 9.17) is 0 Å². The van der Waals surface area contributed by atoms with Gasteiger partial charge < -0.3 is 5.11 Å². The average Bonchev–Trinajstić information content (AvgIpc) is 2.42. The van der Waals surface area contributed by atoms with Crippen molar-refractivity contribution in [1.29, 1.82) is 0 Å². The predicted octanol–water partition coefficient (Wildman–Crippen LogP) is 2.47. The monoisotopic (exact) mass is 313 g/mol. The Bertz CT molecular complexity index is 619. The van der Waals surface area contributed by atoms with Gasteiger partial charge in [0.2, 0.25) is 10.0 Å². The van der Waals surface area contributed by atoms with Crippen molar-refractivity contribution in [1.82, 2.24) is 4.72 Å². The minimum atomic E-state index is -3.71. The van der Waals surface area contributed by atoms with E-state index in [1.165, 1.54) is 0 Å². The summed E-state index contributed by atoms with van der Waals surface area (Å²) in [4.78, 5) is 11.6. The number of carbonyl (C=O) groups is 1. The van der Waals surface area contributed by atoms with Crippen molar-refractivity contribution >= 4 is 16.0 Å². The van der Waals surface area contributed by atoms with Crippen LogP contribution in [-0.2, 0) is 14.8 Å². The van der Waals surface area contributed by atoms with Gasteiger partial charge in [0.15, 0.2) is 0 Å². The van der Waals surface area contributed by atoms with Gasteiger partial charge in [-0.2, -0.15) is 0 Å². The fourth-order valence-corrected chi connectivity index (χ4v) is 3.64. The molecule has 1 aromatic carbocycles. The third kappa shape index (κ3) is 3.83. The van der Waals surface area contributed by atoms with Gasteiger partial charge in [0.05, 0.1) is 10.3 Å². The average molecular weight is 313 g/mol. The SMILES string of the molecule is CCC(CC)(CNS(=O)(=O)c1cc(C)ccc1C)C(=O)O. The number of rotatable bonds is 7. The van der Waals surface area contributed by atoms with Crippen molar-refractivity contribution in [3.8, 4) is 0 Å². The zero-order chi connectivity index (χ0) is 16.3. The molecule has 2 N–H and O–H groups in total. The molecule has 0 saturated heterocycles. The van der Waals surface area contributed by atoms with Crippen molar-refractivity contribution in [3.63, 3.8) is 0 Å². The molecule has 0 amide bonds. The van der Waals surface area contributed by atoms with E-state index in [1.807, 2.05) is 13.0 Å². The molecule has 0 atom stereocenters. The van der Waals surface area contributed by atoms with Crippen LogP contribution in [0.25, 0.3) is 0 Å². The molecule has 1 aromatic rings. The van der Waals surface area contributed by atoms with Crippen LogP contribution in [-0.4, -0.2) is 26.0 Å². The summed E-state index contributed by atoms with van der Waals surface area (Å²) in [6.07, 6.45) is 0.738. The second-order valence-electron chi connectivity index (χ2n) is 5.39. The van der Waals surface area contributed by atoms with E-state index in [0.717, 1.165) is 5.56 Å². The molecule has 0 unspecified atom stereocenters. The molecule has 21 heavy (non-hydrogen) atoms. The highest BCUT2D eigenvalue weighted by atomic mass is 32.2. The number of carboxylic acid groups (broad SMARTS) is 1. The minimum Gasteiger partial charge on any atom is -0.481 e. The van der Waals surface area contributed by atoms with Crippen LogP contribution in [0.15, 0.2) is 23.1 Å². The van der Waals surface area contributed by atoms with E-state index in [0.29, 0.717) is 18.4 Å². The zero-order valence-corrected chi connectivity index (χ0v) is 13.8. The van der Waals surface area contributed by atoms with Gasteiger partial charge in [-0.05, 0) is 43.9 Å². The highest BCUT2D eigenvalue weighted by Crippen LogP contribution is 2.27. The lowest BCUT2D eigenvalue weighted by Gasteiger charge is -2.26. The molecule has 0 heterocycles. The molecule has 0 aromatic heterocycles. The highest BCUT2D eigenvalue weighted by molar-refractivity contribution is 7.89. The quantitative estimate of drug-likeness (QED) is 0.810. The predicted molar refractivity (Wildman–Crippen MR) is 81.8 cm³/mol. The van der Waals surface area contributed by atoms with Crippen molar-refractivity contribution in [2.75, 3.05) is 6.54 Å². The molecular weight excluding hydrogens is 290 g/mol. The molecule has 0 saturated carbocycles. The minimum absolute atomic E-state index is 0.106. The molecule has 0 aliphatic carbocycles. The Labute approximate surface area is 126 Å². The highest BCUT2D eigenvalue weighted by Gasteiger charge is 2.36. The Morgan fingerprint density at radius 1 is 1.24 bits per heavy atom. The molecule has 0 radical (unpaired) electrons. The van der Waals surface area contributed by atoms with E-state index < -0.39 is 21.4 Å². The van der Waals surface area contributed by atoms with Crippen LogP contribution in [0.4, 0.5) is 0 Å². The van der Waals surface area contributed by atoms with Crippen LogP contribution < -0.4 is 4.72 Å². The summed E-state index contributed by atoms with van der Waals surface area (Å²) >= 11 is 0. The third-order valence-electron chi connectivity index (χ3n) is 4.04. The summed E-state index contributed by atoms with van der Waals surface area (Å²) in [5.41, 5.74) is 0.420. The van der Waals surface area contributed by atoms with Crippen LogP contribution in [0.3, 0.4) is 0 Å². The smallest absolute Gasteiger partial charge is 0.310 e. The molecule has 5 nitrogen and oxygen atoms in total. The first-order valence-corrected chi connectivity index (χ1v) is 8.47. The van der Waals surface area contributed by atoms with Gasteiger partial charge in [-0.3, -0.25) is 4.79 Å². The lowest BCUT2D eigenvalue weighted by Crippen LogP contribution is -2.42. The number of nitrogens with one attached hydrogen (secondary N) is 1. The lowest BCUT2D eigenvalue weighted by atomic mass is 9.83. The van der Waals surface area contributed by atoms with Crippen LogP contribution in [0, 0.1) is 19.3 Å². The van der Waals surface area contributed by atoms with E-state index in [-0.39, 0.29) is 11.4 Å². The third-order valence-corrected chi connectivity index (χ3v) is 5.58. The first-order chi connectivity index (χ1) is 9.68. The molecular formula is C15H23NO4S. The number of sulfonamides is 1. The Hall–Kier alpha value is -1.40. The normalized spacial score (nSPS) is 12.4. The van der Waals surface area contributed by atoms with E-state index >= 15 is 0 Å². The molecule has 118 valence electrons. The van der Waals surface area contributed by atoms with Crippen LogP contribution in [0.2, 0.25) is 0 Å². The van der Waals surface area contributed by atoms with Gasteiger partial charge in [-0.25, -0.2) is 13.1 Å². The summed E-state index contributed by atoms with van der Waals surface area (Å²) in [7, 11) is -3.71. The Kier molecular flexibility index (Phi) is 5.53. The molecule has 0 spiro atoms. The molecule has 0 fully saturated rings. The van der Waals surface area contributed by atoms with Crippen molar-refractivity contribution in [3.05, 3.63) is 29.3 Å². The van der Waals surface area contributed by atoms with Gasteiger partial charge in [-0.15, -0.1) is 0 Å². The van der Waals surface area contributed by atoms with E-state index in [2.05, 4.69) is 4.72 Å². The van der Waals surface area contributed by atoms with Crippen LogP contribution >= 0.6 is 0 Å². The van der Waals surface area contributed by atoms with Gasteiger partial charge in [-0.1, -0.05) is 26.0 Å². The van der Waals surface area contributed by atoms with Crippen molar-refractivity contribution < 1.29 is 18.3 Å². The first-order valence-electron chi connectivity index (χ1n) is 6.99. The molecule has 0 aliphatic rings.